The van der Waals surface area contributed by atoms with Gasteiger partial charge < -0.3 is 27.1 Å². The molecule has 0 aliphatic heterocycles. The van der Waals surface area contributed by atoms with Crippen LogP contribution < -0.4 is 0 Å². The van der Waals surface area contributed by atoms with Gasteiger partial charge in [0.25, 0.3) is 0 Å². The van der Waals surface area contributed by atoms with Crippen LogP contribution in [-0.2, 0) is 10.8 Å². The Morgan fingerprint density at radius 1 is 0.345 bits per heavy atom. The van der Waals surface area contributed by atoms with Crippen molar-refractivity contribution in [3.05, 3.63) is 228 Å². The molecule has 6 heterocycles. The molecular formula is C76H52N6O2. The van der Waals surface area contributed by atoms with Crippen molar-refractivity contribution < 1.29 is 30.8 Å². The summed E-state index contributed by atoms with van der Waals surface area (Å²) in [7, 11) is 0. The second-order valence-corrected chi connectivity index (χ2v) is 23.4. The summed E-state index contributed by atoms with van der Waals surface area (Å²) in [6.45, 7) is 12.2. The molecule has 0 bridgehead atoms. The Morgan fingerprint density at radius 3 is 1.04 bits per heavy atom. The fourth-order valence-electron chi connectivity index (χ4n) is 13.0. The van der Waals surface area contributed by atoms with Gasteiger partial charge in [-0.05, 0) is 94.7 Å². The Kier molecular flexibility index (Phi) is 6.93. The molecule has 0 unspecified atom stereocenters. The van der Waals surface area contributed by atoms with E-state index < -0.39 is 152 Å². The summed E-state index contributed by atoms with van der Waals surface area (Å²) in [5, 5.41) is 30.0. The van der Waals surface area contributed by atoms with E-state index in [9.17, 15) is 32.5 Å². The van der Waals surface area contributed by atoms with E-state index in [2.05, 4.69) is 12.1 Å². The van der Waals surface area contributed by atoms with E-state index in [-0.39, 0.29) is 55.1 Å². The molecule has 11 aromatic carbocycles. The predicted octanol–water partition coefficient (Wildman–Crippen LogP) is 20.2. The standard InChI is InChI=1S/C76H52N6O2/c1-75(2,3)43-31-37-63-55(39-43)51-33-35-53-49-23-11-17-29-65(49)83-73(53)71(51)81(63)69-57(41-77)68(80-61-27-15-9-21-47(61)48-22-10-16-28-62(48)80)70(58(42-78)67(69)79-59-25-13-7-19-45(59)46-20-8-14-26-60(46)79)82-64-38-32-44(76(4,5)6)40-56(64)52-34-36-54-50-24-12-18-30-66(50)84-74(54)72(52)82/h7-40H,1-6H3/i7D,8D,9D,10D,13D,14D,15D,16D,19D,20D,21D,22D,25D,26D,27D,28D. The van der Waals surface area contributed by atoms with E-state index in [1.807, 2.05) is 139 Å². The van der Waals surface area contributed by atoms with Crippen LogP contribution in [0.3, 0.4) is 0 Å². The molecule has 6 aromatic heterocycles. The van der Waals surface area contributed by atoms with E-state index in [4.69, 9.17) is 8.83 Å². The lowest BCUT2D eigenvalue weighted by atomic mass is 9.86. The Hall–Kier alpha value is -10.8. The maximum Gasteiger partial charge on any atom is 0.160 e. The normalized spacial score (nSPS) is 15.3. The van der Waals surface area contributed by atoms with Gasteiger partial charge in [0.15, 0.2) is 11.2 Å². The Labute approximate surface area is 504 Å². The average molecular weight is 1100 g/mol. The molecule has 0 amide bonds. The fourth-order valence-corrected chi connectivity index (χ4v) is 13.0. The summed E-state index contributed by atoms with van der Waals surface area (Å²) in [5.41, 5.74) is -0.818. The van der Waals surface area contributed by atoms with Crippen LogP contribution in [0.15, 0.2) is 215 Å². The molecule has 17 rings (SSSR count). The quantitative estimate of drug-likeness (QED) is 0.175. The van der Waals surface area contributed by atoms with Gasteiger partial charge in [-0.3, -0.25) is 0 Å². The van der Waals surface area contributed by atoms with Gasteiger partial charge in [-0.25, -0.2) is 0 Å². The summed E-state index contributed by atoms with van der Waals surface area (Å²) in [5.74, 6) is 0. The minimum Gasteiger partial charge on any atom is -0.454 e. The monoisotopic (exact) mass is 1100 g/mol. The zero-order chi connectivity index (χ0) is 70.6. The number of hydrogen-bond acceptors (Lipinski definition) is 4. The highest BCUT2D eigenvalue weighted by molar-refractivity contribution is 6.24. The maximum absolute atomic E-state index is 13.4. The molecule has 398 valence electrons. The third-order valence-corrected chi connectivity index (χ3v) is 16.9. The number of para-hydroxylation sites is 6. The summed E-state index contributed by atoms with van der Waals surface area (Å²) in [6, 6.07) is 26.8. The molecule has 17 aromatic rings. The minimum atomic E-state index is -0.789. The molecule has 0 saturated carbocycles. The highest BCUT2D eigenvalue weighted by atomic mass is 16.3. The van der Waals surface area contributed by atoms with Crippen molar-refractivity contribution in [2.24, 2.45) is 0 Å². The van der Waals surface area contributed by atoms with Gasteiger partial charge in [0, 0.05) is 64.6 Å². The van der Waals surface area contributed by atoms with Crippen molar-refractivity contribution in [2.75, 3.05) is 0 Å². The Morgan fingerprint density at radius 2 is 0.679 bits per heavy atom. The fraction of sp³-hybridized carbons (Fsp3) is 0.105. The number of benzene rings is 11. The van der Waals surface area contributed by atoms with E-state index in [1.54, 1.807) is 21.3 Å². The molecule has 0 saturated heterocycles. The molecule has 0 atom stereocenters. The van der Waals surface area contributed by atoms with Crippen LogP contribution in [0.2, 0.25) is 0 Å². The third kappa shape index (κ3) is 6.34. The lowest BCUT2D eigenvalue weighted by Crippen LogP contribution is -2.17. The van der Waals surface area contributed by atoms with Crippen molar-refractivity contribution in [3.63, 3.8) is 0 Å². The van der Waals surface area contributed by atoms with E-state index in [0.29, 0.717) is 65.3 Å². The maximum atomic E-state index is 13.4. The highest BCUT2D eigenvalue weighted by Gasteiger charge is 2.36. The van der Waals surface area contributed by atoms with Gasteiger partial charge >= 0.3 is 0 Å². The zero-order valence-corrected chi connectivity index (χ0v) is 45.9. The minimum absolute atomic E-state index is 0.252. The van der Waals surface area contributed by atoms with Gasteiger partial charge in [0.05, 0.1) is 88.8 Å². The lowest BCUT2D eigenvalue weighted by molar-refractivity contribution is 0.591. The zero-order valence-electron chi connectivity index (χ0n) is 61.9. The average Bonchev–Trinajstić information content (AvgIpc) is 1.49. The first-order valence-electron chi connectivity index (χ1n) is 35.4. The first-order chi connectivity index (χ1) is 47.5. The molecule has 84 heavy (non-hydrogen) atoms. The molecule has 0 fully saturated rings. The van der Waals surface area contributed by atoms with Crippen LogP contribution in [0.25, 0.3) is 154 Å². The van der Waals surface area contributed by atoms with Crippen LogP contribution in [0.1, 0.15) is 85.7 Å². The predicted molar refractivity (Wildman–Crippen MR) is 345 cm³/mol. The summed E-state index contributed by atoms with van der Waals surface area (Å²) >= 11 is 0. The van der Waals surface area contributed by atoms with Crippen molar-refractivity contribution in [1.29, 1.82) is 10.5 Å². The number of rotatable bonds is 4. The number of nitrogens with zero attached hydrogens (tertiary/aromatic N) is 6. The number of nitriles is 2. The molecular weight excluding hydrogens is 1030 g/mol. The van der Waals surface area contributed by atoms with Crippen molar-refractivity contribution >= 4 is 131 Å². The lowest BCUT2D eigenvalue weighted by Gasteiger charge is -2.27. The van der Waals surface area contributed by atoms with Crippen LogP contribution in [-0.4, -0.2) is 18.3 Å². The first kappa shape index (κ1) is 34.5. The van der Waals surface area contributed by atoms with Crippen LogP contribution in [0.4, 0.5) is 0 Å². The molecule has 0 aliphatic carbocycles. The molecule has 0 aliphatic rings. The van der Waals surface area contributed by atoms with Crippen molar-refractivity contribution in [2.45, 2.75) is 52.4 Å². The van der Waals surface area contributed by atoms with Gasteiger partial charge in [0.2, 0.25) is 0 Å². The third-order valence-electron chi connectivity index (χ3n) is 16.9. The highest BCUT2D eigenvalue weighted by Crippen LogP contribution is 2.52. The number of hydrogen-bond donors (Lipinski definition) is 0. The van der Waals surface area contributed by atoms with E-state index >= 15 is 0 Å². The van der Waals surface area contributed by atoms with Crippen LogP contribution in [0, 0.1) is 22.7 Å². The van der Waals surface area contributed by atoms with Crippen LogP contribution in [0.5, 0.6) is 0 Å². The molecule has 0 radical (unpaired) electrons. The van der Waals surface area contributed by atoms with Crippen molar-refractivity contribution in [3.8, 4) is 34.9 Å². The second kappa shape index (κ2) is 16.9. The van der Waals surface area contributed by atoms with Gasteiger partial charge in [-0.2, -0.15) is 10.5 Å². The SMILES string of the molecule is [2H]c1c([2H])c([2H])c2c(c1[2H])c1c([2H])c([2H])c([2H])c([2H])c1n2-c1c(C#N)c(-n2c3ccc(C(C)(C)C)cc3c3ccc4c5ccccc5oc4c32)c(-n2c3c([2H])c([2H])c([2H])c([2H])c3c3c([2H])c([2H])c([2H])c([2H])c32)c(C#N)c1-n1c2ccc(C(C)(C)C)cc2c2ccc3c4ccccc4oc3c21. The molecule has 0 spiro atoms. The smallest absolute Gasteiger partial charge is 0.160 e. The van der Waals surface area contributed by atoms with Crippen molar-refractivity contribution in [1.82, 2.24) is 18.3 Å². The summed E-state index contributed by atoms with van der Waals surface area (Å²) in [4.78, 5) is 0. The molecule has 8 nitrogen and oxygen atoms in total. The van der Waals surface area contributed by atoms with Crippen LogP contribution >= 0.6 is 0 Å². The van der Waals surface area contributed by atoms with Gasteiger partial charge in [-0.1, -0.05) is 175 Å². The number of aromatic nitrogens is 4. The van der Waals surface area contributed by atoms with Gasteiger partial charge in [-0.15, -0.1) is 0 Å². The van der Waals surface area contributed by atoms with E-state index in [1.165, 1.54) is 9.13 Å². The summed E-state index contributed by atoms with van der Waals surface area (Å²) < 4.78 is 174. The Balaban J connectivity index is 1.28. The number of fused-ring (bicyclic) bond motifs is 20. The Bertz CT molecular complexity index is 6290. The van der Waals surface area contributed by atoms with Gasteiger partial charge in [0.1, 0.15) is 34.4 Å². The van der Waals surface area contributed by atoms with E-state index in [0.717, 1.165) is 11.1 Å². The largest absolute Gasteiger partial charge is 0.454 e. The first-order valence-corrected chi connectivity index (χ1v) is 27.4. The topological polar surface area (TPSA) is 93.6 Å². The summed E-state index contributed by atoms with van der Waals surface area (Å²) in [6.07, 6.45) is 0. The number of furan rings is 2. The molecule has 0 N–H and O–H groups in total. The second-order valence-electron chi connectivity index (χ2n) is 23.4. The molecule has 8 heteroatoms.